The predicted molar refractivity (Wildman–Crippen MR) is 66.1 cm³/mol. The van der Waals surface area contributed by atoms with Crippen LogP contribution in [0.3, 0.4) is 0 Å². The summed E-state index contributed by atoms with van der Waals surface area (Å²) >= 11 is 0. The van der Waals surface area contributed by atoms with Crippen LogP contribution in [0.2, 0.25) is 0 Å². The molecular formula is C13H16N2O3. The molecule has 1 unspecified atom stereocenters. The second-order valence-electron chi connectivity index (χ2n) is 4.21. The standard InChI is InChI=1S/C13H16N2O3/c1-10-13(17)15(9-12(16)14-10)7-8-18-11-5-3-2-4-6-11/h2-6,10H,7-9H2,1H3,(H,14,16). The van der Waals surface area contributed by atoms with E-state index in [1.54, 1.807) is 6.92 Å². The third-order valence-electron chi connectivity index (χ3n) is 2.77. The summed E-state index contributed by atoms with van der Waals surface area (Å²) in [6.45, 7) is 2.60. The molecule has 2 rings (SSSR count). The number of ether oxygens (including phenoxy) is 1. The van der Waals surface area contributed by atoms with Gasteiger partial charge in [-0.1, -0.05) is 18.2 Å². The first kappa shape index (κ1) is 12.4. The van der Waals surface area contributed by atoms with Crippen molar-refractivity contribution in [2.45, 2.75) is 13.0 Å². The molecule has 1 fully saturated rings. The van der Waals surface area contributed by atoms with Crippen molar-refractivity contribution < 1.29 is 14.3 Å². The molecule has 1 atom stereocenters. The van der Waals surface area contributed by atoms with Gasteiger partial charge in [-0.15, -0.1) is 0 Å². The van der Waals surface area contributed by atoms with E-state index in [0.717, 1.165) is 5.75 Å². The number of rotatable bonds is 4. The van der Waals surface area contributed by atoms with Crippen molar-refractivity contribution in [1.82, 2.24) is 10.2 Å². The van der Waals surface area contributed by atoms with Crippen LogP contribution in [0.25, 0.3) is 0 Å². The maximum Gasteiger partial charge on any atom is 0.245 e. The molecule has 1 N–H and O–H groups in total. The Labute approximate surface area is 106 Å². The molecule has 18 heavy (non-hydrogen) atoms. The van der Waals surface area contributed by atoms with Gasteiger partial charge in [0.1, 0.15) is 18.4 Å². The van der Waals surface area contributed by atoms with Crippen molar-refractivity contribution in [3.8, 4) is 5.75 Å². The van der Waals surface area contributed by atoms with Gasteiger partial charge in [0.15, 0.2) is 0 Å². The second-order valence-corrected chi connectivity index (χ2v) is 4.21. The monoisotopic (exact) mass is 248 g/mol. The minimum Gasteiger partial charge on any atom is -0.492 e. The molecule has 1 aromatic carbocycles. The zero-order valence-electron chi connectivity index (χ0n) is 10.3. The summed E-state index contributed by atoms with van der Waals surface area (Å²) in [5, 5.41) is 2.60. The van der Waals surface area contributed by atoms with Gasteiger partial charge in [0.25, 0.3) is 0 Å². The van der Waals surface area contributed by atoms with Gasteiger partial charge in [0.05, 0.1) is 13.1 Å². The molecule has 0 radical (unpaired) electrons. The quantitative estimate of drug-likeness (QED) is 0.839. The number of carbonyl (C=O) groups is 2. The van der Waals surface area contributed by atoms with Crippen molar-refractivity contribution >= 4 is 11.8 Å². The normalized spacial score (nSPS) is 19.6. The Hall–Kier alpha value is -2.04. The minimum absolute atomic E-state index is 0.0636. The lowest BCUT2D eigenvalue weighted by Crippen LogP contribution is -2.57. The van der Waals surface area contributed by atoms with Crippen LogP contribution in [0, 0.1) is 0 Å². The second kappa shape index (κ2) is 5.53. The molecule has 1 saturated heterocycles. The molecule has 0 spiro atoms. The third kappa shape index (κ3) is 3.00. The minimum atomic E-state index is -0.442. The number of amides is 2. The highest BCUT2D eigenvalue weighted by atomic mass is 16.5. The Morgan fingerprint density at radius 2 is 2.06 bits per heavy atom. The van der Waals surface area contributed by atoms with Crippen LogP contribution in [0.5, 0.6) is 5.75 Å². The van der Waals surface area contributed by atoms with Gasteiger partial charge in [-0.2, -0.15) is 0 Å². The largest absolute Gasteiger partial charge is 0.492 e. The van der Waals surface area contributed by atoms with Crippen LogP contribution >= 0.6 is 0 Å². The van der Waals surface area contributed by atoms with Crippen LogP contribution in [-0.4, -0.2) is 42.5 Å². The fourth-order valence-electron chi connectivity index (χ4n) is 1.85. The average Bonchev–Trinajstić information content (AvgIpc) is 2.36. The fourth-order valence-corrected chi connectivity index (χ4v) is 1.85. The van der Waals surface area contributed by atoms with Crippen LogP contribution in [0.4, 0.5) is 0 Å². The third-order valence-corrected chi connectivity index (χ3v) is 2.77. The molecule has 5 nitrogen and oxygen atoms in total. The van der Waals surface area contributed by atoms with Gasteiger partial charge in [0, 0.05) is 0 Å². The van der Waals surface area contributed by atoms with E-state index in [1.807, 2.05) is 30.3 Å². The zero-order chi connectivity index (χ0) is 13.0. The molecular weight excluding hydrogens is 232 g/mol. The van der Waals surface area contributed by atoms with Gasteiger partial charge >= 0.3 is 0 Å². The number of piperazine rings is 1. The van der Waals surface area contributed by atoms with Crippen LogP contribution in [0.1, 0.15) is 6.92 Å². The summed E-state index contributed by atoms with van der Waals surface area (Å²) < 4.78 is 5.50. The van der Waals surface area contributed by atoms with Crippen molar-refractivity contribution in [2.75, 3.05) is 19.7 Å². The van der Waals surface area contributed by atoms with Gasteiger partial charge in [-0.3, -0.25) is 9.59 Å². The molecule has 1 aliphatic heterocycles. The highest BCUT2D eigenvalue weighted by Gasteiger charge is 2.28. The molecule has 0 bridgehead atoms. The maximum absolute atomic E-state index is 11.8. The molecule has 96 valence electrons. The summed E-state index contributed by atoms with van der Waals surface area (Å²) in [7, 11) is 0. The van der Waals surface area contributed by atoms with Crippen LogP contribution in [0.15, 0.2) is 30.3 Å². The summed E-state index contributed by atoms with van der Waals surface area (Å²) in [6, 6.07) is 8.95. The Morgan fingerprint density at radius 3 is 2.78 bits per heavy atom. The van der Waals surface area contributed by atoms with Gasteiger partial charge < -0.3 is 15.0 Å². The lowest BCUT2D eigenvalue weighted by molar-refractivity contribution is -0.144. The number of nitrogens with zero attached hydrogens (tertiary/aromatic N) is 1. The molecule has 2 amide bonds. The fraction of sp³-hybridized carbons (Fsp3) is 0.385. The van der Waals surface area contributed by atoms with Gasteiger partial charge in [0.2, 0.25) is 11.8 Å². The number of hydrogen-bond donors (Lipinski definition) is 1. The van der Waals surface area contributed by atoms with E-state index in [9.17, 15) is 9.59 Å². The Morgan fingerprint density at radius 1 is 1.33 bits per heavy atom. The topological polar surface area (TPSA) is 58.6 Å². The number of carbonyl (C=O) groups excluding carboxylic acids is 2. The maximum atomic E-state index is 11.8. The van der Waals surface area contributed by atoms with E-state index in [2.05, 4.69) is 5.32 Å². The van der Waals surface area contributed by atoms with Gasteiger partial charge in [-0.05, 0) is 19.1 Å². The number of hydrogen-bond acceptors (Lipinski definition) is 3. The number of para-hydroxylation sites is 1. The SMILES string of the molecule is CC1NC(=O)CN(CCOc2ccccc2)C1=O. The van der Waals surface area contributed by atoms with Crippen molar-refractivity contribution in [3.05, 3.63) is 30.3 Å². The summed E-state index contributed by atoms with van der Waals surface area (Å²) in [6.07, 6.45) is 0. The van der Waals surface area contributed by atoms with E-state index in [1.165, 1.54) is 4.90 Å². The number of nitrogens with one attached hydrogen (secondary N) is 1. The Balaban J connectivity index is 1.82. The first-order valence-electron chi connectivity index (χ1n) is 5.93. The van der Waals surface area contributed by atoms with Crippen LogP contribution < -0.4 is 10.1 Å². The van der Waals surface area contributed by atoms with E-state index >= 15 is 0 Å². The average molecular weight is 248 g/mol. The smallest absolute Gasteiger partial charge is 0.245 e. The first-order valence-corrected chi connectivity index (χ1v) is 5.93. The molecule has 0 aliphatic carbocycles. The molecule has 0 saturated carbocycles. The van der Waals surface area contributed by atoms with Gasteiger partial charge in [-0.25, -0.2) is 0 Å². The summed E-state index contributed by atoms with van der Waals surface area (Å²) in [5.41, 5.74) is 0. The van der Waals surface area contributed by atoms with E-state index in [-0.39, 0.29) is 18.4 Å². The van der Waals surface area contributed by atoms with Crippen molar-refractivity contribution in [1.29, 1.82) is 0 Å². The highest BCUT2D eigenvalue weighted by molar-refractivity contribution is 5.94. The van der Waals surface area contributed by atoms with Crippen molar-refractivity contribution in [2.24, 2.45) is 0 Å². The highest BCUT2D eigenvalue weighted by Crippen LogP contribution is 2.08. The predicted octanol–water partition coefficient (Wildman–Crippen LogP) is 0.412. The summed E-state index contributed by atoms with van der Waals surface area (Å²) in [4.78, 5) is 24.6. The Kier molecular flexibility index (Phi) is 3.82. The van der Waals surface area contributed by atoms with E-state index in [4.69, 9.17) is 4.74 Å². The molecule has 0 aromatic heterocycles. The number of benzene rings is 1. The van der Waals surface area contributed by atoms with Crippen LogP contribution in [-0.2, 0) is 9.59 Å². The molecule has 5 heteroatoms. The molecule has 1 heterocycles. The lowest BCUT2D eigenvalue weighted by Gasteiger charge is -2.30. The first-order chi connectivity index (χ1) is 8.66. The molecule has 1 aliphatic rings. The van der Waals surface area contributed by atoms with Crippen molar-refractivity contribution in [3.63, 3.8) is 0 Å². The lowest BCUT2D eigenvalue weighted by atomic mass is 10.2. The van der Waals surface area contributed by atoms with E-state index < -0.39 is 6.04 Å². The van der Waals surface area contributed by atoms with E-state index in [0.29, 0.717) is 13.2 Å². The zero-order valence-corrected chi connectivity index (χ0v) is 10.3. The Bertz CT molecular complexity index is 433. The summed E-state index contributed by atoms with van der Waals surface area (Å²) in [5.74, 6) is 0.576. The molecule has 1 aromatic rings.